The van der Waals surface area contributed by atoms with E-state index in [0.29, 0.717) is 17.5 Å². The van der Waals surface area contributed by atoms with E-state index >= 15 is 0 Å². The third-order valence-electron chi connectivity index (χ3n) is 8.69. The Kier molecular flexibility index (Phi) is 5.45. The molecule has 1 N–H and O–H groups in total. The molecule has 5 heteroatoms. The predicted octanol–water partition coefficient (Wildman–Crippen LogP) is 5.26. The Balaban J connectivity index is 1.26. The van der Waals surface area contributed by atoms with Crippen molar-refractivity contribution >= 4 is 16.8 Å². The fraction of sp³-hybridized carbons (Fsp3) is 0.552. The molecule has 3 heterocycles. The Hall–Kier alpha value is -2.37. The van der Waals surface area contributed by atoms with Gasteiger partial charge < -0.3 is 9.72 Å². The third kappa shape index (κ3) is 3.47. The molecule has 2 bridgehead atoms. The highest BCUT2D eigenvalue weighted by molar-refractivity contribution is 5.88. The molecule has 0 unspecified atom stereocenters. The minimum Gasteiger partial charge on any atom is -0.472 e. The van der Waals surface area contributed by atoms with E-state index in [4.69, 9.17) is 4.74 Å². The number of fused-ring (bicyclic) bond motifs is 3. The van der Waals surface area contributed by atoms with Crippen LogP contribution in [0.2, 0.25) is 0 Å². The number of likely N-dealkylation sites (tertiary alicyclic amines) is 1. The molecule has 3 saturated carbocycles. The first-order chi connectivity index (χ1) is 16.5. The zero-order valence-electron chi connectivity index (χ0n) is 20.9. The fourth-order valence-corrected chi connectivity index (χ4v) is 7.02. The summed E-state index contributed by atoms with van der Waals surface area (Å²) in [4.78, 5) is 13.5. The first-order valence-corrected chi connectivity index (χ1v) is 13.1. The molecule has 4 fully saturated rings. The van der Waals surface area contributed by atoms with E-state index in [-0.39, 0.29) is 12.1 Å². The number of aliphatic imine (C=N–C) groups is 1. The van der Waals surface area contributed by atoms with Gasteiger partial charge in [-0.2, -0.15) is 0 Å². The molecule has 3 aliphatic carbocycles. The summed E-state index contributed by atoms with van der Waals surface area (Å²) in [5, 5.41) is 1.36. The topological polar surface area (TPSA) is 43.9 Å². The van der Waals surface area contributed by atoms with Gasteiger partial charge in [0.05, 0.1) is 6.04 Å². The van der Waals surface area contributed by atoms with Crippen LogP contribution in [0.5, 0.6) is 0 Å². The van der Waals surface area contributed by atoms with E-state index in [1.54, 1.807) is 0 Å². The number of hydrogen-bond donors (Lipinski definition) is 1. The molecule has 2 aliphatic heterocycles. The fourth-order valence-electron chi connectivity index (χ4n) is 7.02. The molecule has 180 valence electrons. The molecule has 7 rings (SSSR count). The van der Waals surface area contributed by atoms with Gasteiger partial charge in [-0.3, -0.25) is 14.8 Å². The number of aromatic amines is 1. The summed E-state index contributed by atoms with van der Waals surface area (Å²) >= 11 is 0. The summed E-state index contributed by atoms with van der Waals surface area (Å²) in [7, 11) is 1.82. The molecular weight excluding hydrogens is 420 g/mol. The van der Waals surface area contributed by atoms with Gasteiger partial charge in [-0.25, -0.2) is 0 Å². The van der Waals surface area contributed by atoms with Crippen LogP contribution in [0.1, 0.15) is 56.8 Å². The molecule has 1 aromatic heterocycles. The smallest absolute Gasteiger partial charge is 0.208 e. The summed E-state index contributed by atoms with van der Waals surface area (Å²) in [5.74, 6) is 1.66. The van der Waals surface area contributed by atoms with Gasteiger partial charge in [0, 0.05) is 54.4 Å². The van der Waals surface area contributed by atoms with Crippen LogP contribution in [0, 0.1) is 5.92 Å². The summed E-state index contributed by atoms with van der Waals surface area (Å²) in [6.45, 7) is 12.4. The van der Waals surface area contributed by atoms with Crippen molar-refractivity contribution in [2.24, 2.45) is 10.9 Å². The van der Waals surface area contributed by atoms with Gasteiger partial charge in [0.15, 0.2) is 0 Å². The Morgan fingerprint density at radius 2 is 2.00 bits per heavy atom. The van der Waals surface area contributed by atoms with Gasteiger partial charge in [0.1, 0.15) is 6.10 Å². The van der Waals surface area contributed by atoms with Crippen LogP contribution in [0.3, 0.4) is 0 Å². The largest absolute Gasteiger partial charge is 0.472 e. The van der Waals surface area contributed by atoms with Crippen molar-refractivity contribution in [1.82, 2.24) is 14.8 Å². The maximum absolute atomic E-state index is 6.18. The van der Waals surface area contributed by atoms with E-state index in [1.807, 2.05) is 13.1 Å². The lowest BCUT2D eigenvalue weighted by Gasteiger charge is -2.70. The van der Waals surface area contributed by atoms with Gasteiger partial charge in [0.2, 0.25) is 5.90 Å². The third-order valence-corrected chi connectivity index (χ3v) is 8.69. The summed E-state index contributed by atoms with van der Waals surface area (Å²) in [5.41, 5.74) is 5.53. The number of nitrogens with zero attached hydrogens (tertiary/aromatic N) is 3. The van der Waals surface area contributed by atoms with E-state index in [2.05, 4.69) is 70.5 Å². The lowest BCUT2D eigenvalue weighted by molar-refractivity contribution is -0.174. The van der Waals surface area contributed by atoms with Crippen LogP contribution in [-0.2, 0) is 11.2 Å². The molecule has 0 amide bonds. The lowest BCUT2D eigenvalue weighted by atomic mass is 9.48. The van der Waals surface area contributed by atoms with Crippen molar-refractivity contribution in [3.8, 4) is 0 Å². The molecule has 5 nitrogen and oxygen atoms in total. The number of ether oxygens (including phenoxy) is 1. The Morgan fingerprint density at radius 3 is 2.68 bits per heavy atom. The molecule has 2 aromatic rings. The second kappa shape index (κ2) is 8.39. The zero-order valence-corrected chi connectivity index (χ0v) is 20.9. The Labute approximate surface area is 203 Å². The Bertz CT molecular complexity index is 1140. The quantitative estimate of drug-likeness (QED) is 0.350. The maximum atomic E-state index is 6.18. The minimum atomic E-state index is 0.172. The zero-order chi connectivity index (χ0) is 23.4. The van der Waals surface area contributed by atoms with E-state index in [9.17, 15) is 0 Å². The van der Waals surface area contributed by atoms with Crippen LogP contribution < -0.4 is 0 Å². The SMILES string of the molecule is C=C(/C=C\C(=N/C)OC1CN(CCC)C1)[C@@H]1c2[nH]c3ccccc3c2C[C@@H](C)N1C12CC(C1)C2. The van der Waals surface area contributed by atoms with Crippen LogP contribution in [0.25, 0.3) is 10.9 Å². The second-order valence-corrected chi connectivity index (χ2v) is 11.1. The highest BCUT2D eigenvalue weighted by atomic mass is 16.5. The number of aromatic nitrogens is 1. The van der Waals surface area contributed by atoms with Crippen molar-refractivity contribution in [2.45, 2.75) is 69.7 Å². The molecular formula is C29H38N4O. The first kappa shape index (κ1) is 22.1. The van der Waals surface area contributed by atoms with Crippen LogP contribution in [-0.4, -0.2) is 65.0 Å². The molecule has 34 heavy (non-hydrogen) atoms. The number of hydrogen-bond acceptors (Lipinski definition) is 4. The molecule has 5 aliphatic rings. The second-order valence-electron chi connectivity index (χ2n) is 11.1. The summed E-state index contributed by atoms with van der Waals surface area (Å²) in [6, 6.07) is 9.42. The molecule has 2 atom stereocenters. The van der Waals surface area contributed by atoms with Crippen molar-refractivity contribution in [3.63, 3.8) is 0 Å². The predicted molar refractivity (Wildman–Crippen MR) is 139 cm³/mol. The van der Waals surface area contributed by atoms with Crippen molar-refractivity contribution in [1.29, 1.82) is 0 Å². The maximum Gasteiger partial charge on any atom is 0.208 e. The summed E-state index contributed by atoms with van der Waals surface area (Å²) in [6.07, 6.45) is 10.8. The molecule has 0 spiro atoms. The average Bonchev–Trinajstić information content (AvgIpc) is 3.10. The lowest BCUT2D eigenvalue weighted by Crippen LogP contribution is -2.71. The van der Waals surface area contributed by atoms with Gasteiger partial charge in [-0.15, -0.1) is 0 Å². The number of H-pyrrole nitrogens is 1. The van der Waals surface area contributed by atoms with Crippen LogP contribution >= 0.6 is 0 Å². The number of benzene rings is 1. The van der Waals surface area contributed by atoms with E-state index in [1.165, 1.54) is 47.8 Å². The average molecular weight is 459 g/mol. The van der Waals surface area contributed by atoms with E-state index < -0.39 is 0 Å². The van der Waals surface area contributed by atoms with E-state index in [0.717, 1.165) is 37.5 Å². The Morgan fingerprint density at radius 1 is 1.24 bits per heavy atom. The van der Waals surface area contributed by atoms with Gasteiger partial charge >= 0.3 is 0 Å². The highest BCUT2D eigenvalue weighted by Crippen LogP contribution is 2.64. The highest BCUT2D eigenvalue weighted by Gasteiger charge is 2.63. The molecule has 0 radical (unpaired) electrons. The minimum absolute atomic E-state index is 0.172. The standard InChI is InChI=1S/C29H38N4O/c1-5-12-32-17-22(18-32)34-26(30-4)11-10-19(2)28-27-24(23-8-6-7-9-25(23)31-27)13-20(3)33(28)29-14-21(15-29)16-29/h6-11,20-22,28,31H,2,5,12-18H2,1,3-4H3/b11-10-,30-26+/t20-,21?,28-,29?/m1/s1. The van der Waals surface area contributed by atoms with Crippen molar-refractivity contribution < 1.29 is 4.74 Å². The number of rotatable bonds is 7. The van der Waals surface area contributed by atoms with Crippen molar-refractivity contribution in [3.05, 3.63) is 59.8 Å². The van der Waals surface area contributed by atoms with Crippen LogP contribution in [0.15, 0.2) is 53.6 Å². The van der Waals surface area contributed by atoms with Gasteiger partial charge in [0.25, 0.3) is 0 Å². The summed E-state index contributed by atoms with van der Waals surface area (Å²) < 4.78 is 6.18. The monoisotopic (exact) mass is 458 g/mol. The van der Waals surface area contributed by atoms with Gasteiger partial charge in [-0.05, 0) is 68.7 Å². The normalized spacial score (nSPS) is 31.7. The van der Waals surface area contributed by atoms with Crippen LogP contribution in [0.4, 0.5) is 0 Å². The number of nitrogens with one attached hydrogen (secondary N) is 1. The molecule has 1 aromatic carbocycles. The van der Waals surface area contributed by atoms with Crippen molar-refractivity contribution in [2.75, 3.05) is 26.7 Å². The molecule has 1 saturated heterocycles. The van der Waals surface area contributed by atoms with Gasteiger partial charge in [-0.1, -0.05) is 37.8 Å². The number of para-hydroxylation sites is 1. The first-order valence-electron chi connectivity index (χ1n) is 13.1.